The maximum absolute atomic E-state index is 9.05. The Morgan fingerprint density at radius 2 is 2.05 bits per heavy atom. The number of nitrogens with zero attached hydrogens (tertiary/aromatic N) is 2. The Morgan fingerprint density at radius 1 is 1.32 bits per heavy atom. The number of hydrogen-bond donors (Lipinski definition) is 3. The number of aromatic nitrogens is 2. The zero-order chi connectivity index (χ0) is 13.7. The molecule has 0 bridgehead atoms. The van der Waals surface area contributed by atoms with Gasteiger partial charge in [-0.1, -0.05) is 6.92 Å². The summed E-state index contributed by atoms with van der Waals surface area (Å²) in [6.07, 6.45) is 4.11. The van der Waals surface area contributed by atoms with Crippen LogP contribution in [0.5, 0.6) is 0 Å². The average molecular weight is 264 g/mol. The maximum atomic E-state index is 9.05. The van der Waals surface area contributed by atoms with Crippen LogP contribution in [0.1, 0.15) is 51.3 Å². The van der Waals surface area contributed by atoms with E-state index in [0.717, 1.165) is 36.8 Å². The summed E-state index contributed by atoms with van der Waals surface area (Å²) in [6, 6.07) is 2.22. The molecule has 0 aromatic carbocycles. The van der Waals surface area contributed by atoms with E-state index in [2.05, 4.69) is 34.4 Å². The van der Waals surface area contributed by atoms with Gasteiger partial charge in [-0.2, -0.15) is 0 Å². The molecular weight excluding hydrogens is 240 g/mol. The van der Waals surface area contributed by atoms with Crippen LogP contribution in [0.4, 0.5) is 11.6 Å². The lowest BCUT2D eigenvalue weighted by atomic mass is 10.1. The van der Waals surface area contributed by atoms with Crippen LogP contribution in [0, 0.1) is 0 Å². The molecule has 0 spiro atoms. The molecule has 1 aliphatic carbocycles. The fraction of sp³-hybridized carbons (Fsp3) is 0.714. The first-order chi connectivity index (χ1) is 9.26. The number of nitrogens with one attached hydrogen (secondary N) is 2. The van der Waals surface area contributed by atoms with E-state index in [1.54, 1.807) is 0 Å². The highest BCUT2D eigenvalue weighted by Crippen LogP contribution is 2.38. The van der Waals surface area contributed by atoms with Gasteiger partial charge in [0, 0.05) is 31.2 Å². The average Bonchev–Trinajstić information content (AvgIpc) is 3.22. The SMILES string of the molecule is CCNc1cc(NC(CC)CCO)nc(C2CC2)n1. The molecule has 1 saturated carbocycles. The highest BCUT2D eigenvalue weighted by molar-refractivity contribution is 5.48. The van der Waals surface area contributed by atoms with Crippen molar-refractivity contribution in [2.75, 3.05) is 23.8 Å². The fourth-order valence-corrected chi connectivity index (χ4v) is 2.08. The molecule has 1 aliphatic rings. The minimum absolute atomic E-state index is 0.201. The number of rotatable bonds is 8. The first-order valence-corrected chi connectivity index (χ1v) is 7.27. The van der Waals surface area contributed by atoms with Gasteiger partial charge in [0.2, 0.25) is 0 Å². The lowest BCUT2D eigenvalue weighted by Crippen LogP contribution is -2.21. The molecule has 5 nitrogen and oxygen atoms in total. The minimum Gasteiger partial charge on any atom is -0.396 e. The number of hydrogen-bond acceptors (Lipinski definition) is 5. The van der Waals surface area contributed by atoms with Gasteiger partial charge in [-0.15, -0.1) is 0 Å². The Kier molecular flexibility index (Phi) is 4.96. The smallest absolute Gasteiger partial charge is 0.136 e. The van der Waals surface area contributed by atoms with Crippen LogP contribution in [0.3, 0.4) is 0 Å². The molecule has 1 heterocycles. The maximum Gasteiger partial charge on any atom is 0.136 e. The first-order valence-electron chi connectivity index (χ1n) is 7.27. The zero-order valence-electron chi connectivity index (χ0n) is 11.8. The molecule has 3 N–H and O–H groups in total. The van der Waals surface area contributed by atoms with E-state index >= 15 is 0 Å². The van der Waals surface area contributed by atoms with E-state index < -0.39 is 0 Å². The van der Waals surface area contributed by atoms with Crippen molar-refractivity contribution in [3.63, 3.8) is 0 Å². The highest BCUT2D eigenvalue weighted by Gasteiger charge is 2.27. The highest BCUT2D eigenvalue weighted by atomic mass is 16.3. The van der Waals surface area contributed by atoms with Gasteiger partial charge in [-0.25, -0.2) is 9.97 Å². The molecule has 2 rings (SSSR count). The van der Waals surface area contributed by atoms with E-state index in [1.165, 1.54) is 12.8 Å². The van der Waals surface area contributed by atoms with Gasteiger partial charge in [0.05, 0.1) is 0 Å². The van der Waals surface area contributed by atoms with Crippen molar-refractivity contribution in [3.05, 3.63) is 11.9 Å². The van der Waals surface area contributed by atoms with E-state index in [9.17, 15) is 0 Å². The largest absolute Gasteiger partial charge is 0.396 e. The van der Waals surface area contributed by atoms with Crippen LogP contribution in [0.15, 0.2) is 6.07 Å². The van der Waals surface area contributed by atoms with Gasteiger partial charge in [0.1, 0.15) is 17.5 Å². The normalized spacial score (nSPS) is 16.2. The molecule has 0 amide bonds. The Bertz CT molecular complexity index is 406. The van der Waals surface area contributed by atoms with Gasteiger partial charge in [0.15, 0.2) is 0 Å². The van der Waals surface area contributed by atoms with Crippen molar-refractivity contribution in [2.45, 2.75) is 51.5 Å². The first kappa shape index (κ1) is 14.1. The van der Waals surface area contributed by atoms with Crippen molar-refractivity contribution < 1.29 is 5.11 Å². The summed E-state index contributed by atoms with van der Waals surface area (Å²) < 4.78 is 0. The van der Waals surface area contributed by atoms with Gasteiger partial charge in [-0.3, -0.25) is 0 Å². The molecule has 0 saturated heterocycles. The van der Waals surface area contributed by atoms with Gasteiger partial charge in [-0.05, 0) is 32.6 Å². The molecule has 0 radical (unpaired) electrons. The lowest BCUT2D eigenvalue weighted by Gasteiger charge is -2.17. The predicted molar refractivity (Wildman–Crippen MR) is 77.6 cm³/mol. The monoisotopic (exact) mass is 264 g/mol. The van der Waals surface area contributed by atoms with Crippen molar-refractivity contribution >= 4 is 11.6 Å². The van der Waals surface area contributed by atoms with Crippen molar-refractivity contribution in [1.29, 1.82) is 0 Å². The van der Waals surface area contributed by atoms with Crippen LogP contribution in [0.2, 0.25) is 0 Å². The van der Waals surface area contributed by atoms with Crippen LogP contribution in [0.25, 0.3) is 0 Å². The third kappa shape index (κ3) is 4.06. The van der Waals surface area contributed by atoms with Gasteiger partial charge >= 0.3 is 0 Å². The fourth-order valence-electron chi connectivity index (χ4n) is 2.08. The molecule has 19 heavy (non-hydrogen) atoms. The molecule has 1 atom stereocenters. The summed E-state index contributed by atoms with van der Waals surface area (Å²) >= 11 is 0. The van der Waals surface area contributed by atoms with Gasteiger partial charge in [0.25, 0.3) is 0 Å². The number of aliphatic hydroxyl groups excluding tert-OH is 1. The lowest BCUT2D eigenvalue weighted by molar-refractivity contribution is 0.278. The number of aliphatic hydroxyl groups is 1. The Balaban J connectivity index is 2.13. The minimum atomic E-state index is 0.201. The second-order valence-electron chi connectivity index (χ2n) is 5.06. The van der Waals surface area contributed by atoms with E-state index in [0.29, 0.717) is 5.92 Å². The second kappa shape index (κ2) is 6.70. The van der Waals surface area contributed by atoms with Crippen molar-refractivity contribution in [2.24, 2.45) is 0 Å². The van der Waals surface area contributed by atoms with Crippen LogP contribution < -0.4 is 10.6 Å². The summed E-state index contributed by atoms with van der Waals surface area (Å²) in [5.41, 5.74) is 0. The van der Waals surface area contributed by atoms with Crippen LogP contribution in [-0.2, 0) is 0 Å². The molecule has 0 aliphatic heterocycles. The molecule has 1 unspecified atom stereocenters. The molecule has 106 valence electrons. The summed E-state index contributed by atoms with van der Waals surface area (Å²) in [6.45, 7) is 5.23. The van der Waals surface area contributed by atoms with E-state index in [-0.39, 0.29) is 12.6 Å². The van der Waals surface area contributed by atoms with E-state index in [4.69, 9.17) is 5.11 Å². The summed E-state index contributed by atoms with van der Waals surface area (Å²) in [5.74, 6) is 3.24. The van der Waals surface area contributed by atoms with Crippen LogP contribution >= 0.6 is 0 Å². The quantitative estimate of drug-likeness (QED) is 0.672. The molecule has 1 aromatic heterocycles. The molecular formula is C14H24N4O. The Labute approximate surface area is 114 Å². The zero-order valence-corrected chi connectivity index (χ0v) is 11.8. The Hall–Kier alpha value is -1.36. The van der Waals surface area contributed by atoms with Crippen LogP contribution in [-0.4, -0.2) is 34.3 Å². The number of anilines is 2. The Morgan fingerprint density at radius 3 is 2.63 bits per heavy atom. The second-order valence-corrected chi connectivity index (χ2v) is 5.06. The van der Waals surface area contributed by atoms with E-state index in [1.807, 2.05) is 6.07 Å². The third-order valence-electron chi connectivity index (χ3n) is 3.37. The van der Waals surface area contributed by atoms with Gasteiger partial charge < -0.3 is 15.7 Å². The molecule has 5 heteroatoms. The van der Waals surface area contributed by atoms with Crippen molar-refractivity contribution in [1.82, 2.24) is 9.97 Å². The molecule has 1 aromatic rings. The topological polar surface area (TPSA) is 70.1 Å². The third-order valence-corrected chi connectivity index (χ3v) is 3.37. The van der Waals surface area contributed by atoms with Crippen molar-refractivity contribution in [3.8, 4) is 0 Å². The standard InChI is InChI=1S/C14H24N4O/c1-3-11(7-8-19)16-13-9-12(15-4-2)17-14(18-13)10-5-6-10/h9-11,19H,3-8H2,1-2H3,(H2,15,16,17,18). The summed E-state index contributed by atoms with van der Waals surface area (Å²) in [5, 5.41) is 15.7. The predicted octanol–water partition coefficient (Wildman–Crippen LogP) is 2.36. The summed E-state index contributed by atoms with van der Waals surface area (Å²) in [7, 11) is 0. The molecule has 1 fully saturated rings. The summed E-state index contributed by atoms with van der Waals surface area (Å²) in [4.78, 5) is 9.16.